The number of nitrogens with zero attached hydrogens (tertiary/aromatic N) is 1. The van der Waals surface area contributed by atoms with Gasteiger partial charge in [0.2, 0.25) is 0 Å². The van der Waals surface area contributed by atoms with E-state index in [-0.39, 0.29) is 10.8 Å². The molecule has 0 aliphatic carbocycles. The Morgan fingerprint density at radius 2 is 1.87 bits per heavy atom. The smallest absolute Gasteiger partial charge is 0.285 e. The van der Waals surface area contributed by atoms with Gasteiger partial charge in [-0.25, -0.2) is 0 Å². The summed E-state index contributed by atoms with van der Waals surface area (Å²) in [5, 5.41) is 10.3. The topological polar surface area (TPSA) is 49.8 Å². The predicted molar refractivity (Wildman–Crippen MR) is 94.4 cm³/mol. The van der Waals surface area contributed by atoms with Crippen molar-refractivity contribution in [1.82, 2.24) is 4.90 Å². The molecule has 2 atom stereocenters. The lowest BCUT2D eigenvalue weighted by molar-refractivity contribution is -0.0299. The molecule has 23 heavy (non-hydrogen) atoms. The fraction of sp³-hybridized carbons (Fsp3) is 0.611. The number of aliphatic hydroxyl groups excluding tert-OH is 1. The third-order valence-electron chi connectivity index (χ3n) is 4.55. The van der Waals surface area contributed by atoms with Gasteiger partial charge in [-0.3, -0.25) is 9.69 Å². The highest BCUT2D eigenvalue weighted by Crippen LogP contribution is 2.45. The Bertz CT molecular complexity index is 555. The first-order valence-corrected chi connectivity index (χ1v) is 8.73. The van der Waals surface area contributed by atoms with Gasteiger partial charge in [-0.15, -0.1) is 0 Å². The van der Waals surface area contributed by atoms with Crippen molar-refractivity contribution in [2.45, 2.75) is 63.7 Å². The Morgan fingerprint density at radius 3 is 2.30 bits per heavy atom. The van der Waals surface area contributed by atoms with Gasteiger partial charge in [0.1, 0.15) is 5.72 Å². The largest absolute Gasteiger partial charge is 0.392 e. The molecule has 1 aliphatic heterocycles. The van der Waals surface area contributed by atoms with E-state index in [2.05, 4.69) is 0 Å². The quantitative estimate of drug-likeness (QED) is 0.906. The van der Waals surface area contributed by atoms with Crippen LogP contribution in [0.15, 0.2) is 30.3 Å². The third-order valence-corrected chi connectivity index (χ3v) is 5.91. The minimum atomic E-state index is -0.715. The van der Waals surface area contributed by atoms with Gasteiger partial charge < -0.3 is 9.84 Å². The summed E-state index contributed by atoms with van der Waals surface area (Å²) in [6.07, 6.45) is -0.673. The van der Waals surface area contributed by atoms with Crippen LogP contribution in [-0.4, -0.2) is 39.2 Å². The van der Waals surface area contributed by atoms with E-state index >= 15 is 0 Å². The van der Waals surface area contributed by atoms with Crippen molar-refractivity contribution in [2.24, 2.45) is 0 Å². The van der Waals surface area contributed by atoms with Crippen molar-refractivity contribution in [3.05, 3.63) is 35.9 Å². The van der Waals surface area contributed by atoms with E-state index in [1.807, 2.05) is 65.0 Å². The number of carbonyl (C=O) groups is 1. The molecule has 0 aromatic heterocycles. The summed E-state index contributed by atoms with van der Waals surface area (Å²) in [6.45, 7) is 12.0. The van der Waals surface area contributed by atoms with Crippen LogP contribution >= 0.6 is 11.8 Å². The van der Waals surface area contributed by atoms with Crippen LogP contribution < -0.4 is 0 Å². The Balaban J connectivity index is 2.33. The number of carbonyl (C=O) groups excluding carboxylic acids is 1. The van der Waals surface area contributed by atoms with Crippen LogP contribution in [0, 0.1) is 0 Å². The van der Waals surface area contributed by atoms with E-state index < -0.39 is 16.6 Å². The molecule has 0 radical (unpaired) electrons. The molecule has 4 nitrogen and oxygen atoms in total. The van der Waals surface area contributed by atoms with Gasteiger partial charge in [0.25, 0.3) is 5.24 Å². The first-order chi connectivity index (χ1) is 10.5. The molecular formula is C18H27NO3S. The Hall–Kier alpha value is -1.04. The maximum atomic E-state index is 13.1. The molecule has 1 N–H and O–H groups in total. The predicted octanol–water partition coefficient (Wildman–Crippen LogP) is 3.98. The number of ether oxygens (including phenoxy) is 1. The van der Waals surface area contributed by atoms with Crippen LogP contribution in [0.2, 0.25) is 0 Å². The molecule has 1 aromatic carbocycles. The molecule has 1 aliphatic rings. The van der Waals surface area contributed by atoms with Crippen molar-refractivity contribution < 1.29 is 14.6 Å². The number of hydrogen-bond donors (Lipinski definition) is 1. The fourth-order valence-electron chi connectivity index (χ4n) is 3.06. The number of hydrogen-bond acceptors (Lipinski definition) is 4. The standard InChI is InChI=1S/C18H27NO3S/c1-13(20)18(6,14-10-8-7-9-11-14)23-15(21)19-16(2,3)12-22-17(19,4)5/h7-11,13,20H,12H2,1-6H3/t13-,18+/m1/s1. The summed E-state index contributed by atoms with van der Waals surface area (Å²) in [4.78, 5) is 14.9. The first-order valence-electron chi connectivity index (χ1n) is 7.91. The third kappa shape index (κ3) is 3.42. The summed E-state index contributed by atoms with van der Waals surface area (Å²) >= 11 is 1.17. The van der Waals surface area contributed by atoms with Gasteiger partial charge in [-0.1, -0.05) is 42.1 Å². The lowest BCUT2D eigenvalue weighted by atomic mass is 9.95. The van der Waals surface area contributed by atoms with Crippen molar-refractivity contribution in [3.8, 4) is 0 Å². The Labute approximate surface area is 143 Å². The normalized spacial score (nSPS) is 23.3. The highest BCUT2D eigenvalue weighted by atomic mass is 32.2. The molecule has 128 valence electrons. The van der Waals surface area contributed by atoms with Crippen LogP contribution in [0.5, 0.6) is 0 Å². The number of thioether (sulfide) groups is 1. The summed E-state index contributed by atoms with van der Waals surface area (Å²) in [5.41, 5.74) is -0.0858. The second-order valence-electron chi connectivity index (χ2n) is 7.40. The fourth-order valence-corrected chi connectivity index (χ4v) is 4.41. The summed E-state index contributed by atoms with van der Waals surface area (Å²) < 4.78 is 5.08. The van der Waals surface area contributed by atoms with E-state index in [9.17, 15) is 9.90 Å². The van der Waals surface area contributed by atoms with Gasteiger partial charge in [0.15, 0.2) is 0 Å². The van der Waals surface area contributed by atoms with Gasteiger partial charge in [0, 0.05) is 0 Å². The number of aliphatic hydroxyl groups is 1. The zero-order valence-electron chi connectivity index (χ0n) is 14.8. The molecule has 1 aromatic rings. The van der Waals surface area contributed by atoms with Gasteiger partial charge in [-0.2, -0.15) is 0 Å². The van der Waals surface area contributed by atoms with E-state index in [0.717, 1.165) is 5.56 Å². The Morgan fingerprint density at radius 1 is 1.30 bits per heavy atom. The minimum Gasteiger partial charge on any atom is -0.392 e. The highest BCUT2D eigenvalue weighted by Gasteiger charge is 2.50. The lowest BCUT2D eigenvalue weighted by Gasteiger charge is -2.40. The molecule has 1 saturated heterocycles. The molecule has 1 fully saturated rings. The van der Waals surface area contributed by atoms with Crippen LogP contribution in [0.25, 0.3) is 0 Å². The molecule has 0 spiro atoms. The molecule has 0 unspecified atom stereocenters. The maximum Gasteiger partial charge on any atom is 0.285 e. The summed E-state index contributed by atoms with van der Waals surface area (Å²) in [6, 6.07) is 9.67. The lowest BCUT2D eigenvalue weighted by Crippen LogP contribution is -2.52. The monoisotopic (exact) mass is 337 g/mol. The van der Waals surface area contributed by atoms with Crippen LogP contribution in [0.3, 0.4) is 0 Å². The van der Waals surface area contributed by atoms with Crippen LogP contribution in [0.4, 0.5) is 4.79 Å². The summed E-state index contributed by atoms with van der Waals surface area (Å²) in [5.74, 6) is 0. The molecule has 5 heteroatoms. The molecular weight excluding hydrogens is 310 g/mol. The number of amides is 1. The van der Waals surface area contributed by atoms with Gasteiger partial charge in [0.05, 0.1) is 23.0 Å². The number of benzene rings is 1. The van der Waals surface area contributed by atoms with Gasteiger partial charge >= 0.3 is 0 Å². The second-order valence-corrected chi connectivity index (χ2v) is 8.80. The van der Waals surface area contributed by atoms with Crippen LogP contribution in [0.1, 0.15) is 47.1 Å². The molecule has 0 saturated carbocycles. The zero-order valence-corrected chi connectivity index (χ0v) is 15.6. The van der Waals surface area contributed by atoms with Crippen molar-refractivity contribution in [2.75, 3.05) is 6.61 Å². The van der Waals surface area contributed by atoms with Crippen molar-refractivity contribution >= 4 is 17.0 Å². The SMILES string of the molecule is C[C@@H](O)[C@](C)(SC(=O)N1C(C)(C)COC1(C)C)c1ccccc1. The average Bonchev–Trinajstić information content (AvgIpc) is 2.68. The molecule has 2 rings (SSSR count). The Kier molecular flexibility index (Phi) is 4.86. The van der Waals surface area contributed by atoms with E-state index in [1.54, 1.807) is 11.8 Å². The van der Waals surface area contributed by atoms with E-state index in [1.165, 1.54) is 11.8 Å². The molecule has 1 heterocycles. The number of rotatable bonds is 3. The maximum absolute atomic E-state index is 13.1. The summed E-state index contributed by atoms with van der Waals surface area (Å²) in [7, 11) is 0. The van der Waals surface area contributed by atoms with Crippen molar-refractivity contribution in [1.29, 1.82) is 0 Å². The van der Waals surface area contributed by atoms with E-state index in [0.29, 0.717) is 6.61 Å². The molecule has 0 bridgehead atoms. The first kappa shape index (κ1) is 18.3. The molecule has 1 amide bonds. The van der Waals surface area contributed by atoms with Crippen molar-refractivity contribution in [3.63, 3.8) is 0 Å². The van der Waals surface area contributed by atoms with Crippen LogP contribution in [-0.2, 0) is 9.48 Å². The average molecular weight is 337 g/mol. The van der Waals surface area contributed by atoms with Gasteiger partial charge in [-0.05, 0) is 47.1 Å². The minimum absolute atomic E-state index is 0.0789. The zero-order chi connectivity index (χ0) is 17.5. The highest BCUT2D eigenvalue weighted by molar-refractivity contribution is 8.14. The van der Waals surface area contributed by atoms with E-state index in [4.69, 9.17) is 4.74 Å². The second kappa shape index (κ2) is 6.11.